The highest BCUT2D eigenvalue weighted by molar-refractivity contribution is 7.15. The van der Waals surface area contributed by atoms with E-state index in [2.05, 4.69) is 36.3 Å². The van der Waals surface area contributed by atoms with Gasteiger partial charge in [0.05, 0.1) is 6.61 Å². The molecule has 1 heterocycles. The van der Waals surface area contributed by atoms with E-state index in [4.69, 9.17) is 4.74 Å². The number of nitrogens with zero attached hydrogens (tertiary/aromatic N) is 1. The van der Waals surface area contributed by atoms with E-state index >= 15 is 0 Å². The lowest BCUT2D eigenvalue weighted by atomic mass is 10.0. The lowest BCUT2D eigenvalue weighted by Crippen LogP contribution is -2.06. The van der Waals surface area contributed by atoms with Gasteiger partial charge in [-0.05, 0) is 37.5 Å². The molecule has 0 amide bonds. The number of esters is 1. The third-order valence-corrected chi connectivity index (χ3v) is 3.96. The zero-order valence-corrected chi connectivity index (χ0v) is 13.6. The Morgan fingerprint density at radius 2 is 2.19 bits per heavy atom. The molecule has 2 rings (SSSR count). The maximum Gasteiger partial charge on any atom is 0.358 e. The summed E-state index contributed by atoms with van der Waals surface area (Å²) in [6.45, 7) is 8.34. The van der Waals surface area contributed by atoms with Crippen LogP contribution in [0.15, 0.2) is 24.3 Å². The predicted octanol–water partition coefficient (Wildman–Crippen LogP) is 4.50. The standard InChI is InChI=1S/C16H20N2O2S/c1-5-20-15(19)14-11(4)21-16(18-14)17-13-8-6-7-12(9-13)10(2)3/h6-10H,5H2,1-4H3,(H,17,18). The molecule has 0 aliphatic carbocycles. The molecule has 0 fully saturated rings. The van der Waals surface area contributed by atoms with E-state index in [0.717, 1.165) is 10.6 Å². The highest BCUT2D eigenvalue weighted by atomic mass is 32.1. The van der Waals surface area contributed by atoms with E-state index in [1.54, 1.807) is 6.92 Å². The third kappa shape index (κ3) is 3.82. The van der Waals surface area contributed by atoms with E-state index in [1.807, 2.05) is 19.1 Å². The van der Waals surface area contributed by atoms with Crippen LogP contribution < -0.4 is 5.32 Å². The van der Waals surface area contributed by atoms with Crippen LogP contribution in [0.3, 0.4) is 0 Å². The highest BCUT2D eigenvalue weighted by Crippen LogP contribution is 2.27. The Hall–Kier alpha value is -1.88. The molecule has 2 aromatic rings. The summed E-state index contributed by atoms with van der Waals surface area (Å²) >= 11 is 1.45. The second-order valence-electron chi connectivity index (χ2n) is 5.05. The number of benzene rings is 1. The molecule has 4 nitrogen and oxygen atoms in total. The first-order chi connectivity index (χ1) is 10.0. The van der Waals surface area contributed by atoms with Crippen LogP contribution in [-0.2, 0) is 4.74 Å². The molecular formula is C16H20N2O2S. The number of ether oxygens (including phenoxy) is 1. The Kier molecular flexibility index (Phi) is 4.96. The Balaban J connectivity index is 2.19. The molecule has 1 aromatic carbocycles. The van der Waals surface area contributed by atoms with Gasteiger partial charge in [-0.3, -0.25) is 0 Å². The number of aromatic nitrogens is 1. The Bertz CT molecular complexity index is 635. The fraction of sp³-hybridized carbons (Fsp3) is 0.375. The van der Waals surface area contributed by atoms with Gasteiger partial charge in [-0.25, -0.2) is 9.78 Å². The monoisotopic (exact) mass is 304 g/mol. The summed E-state index contributed by atoms with van der Waals surface area (Å²) in [5.74, 6) is 0.107. The summed E-state index contributed by atoms with van der Waals surface area (Å²) in [4.78, 5) is 17.0. The number of hydrogen-bond acceptors (Lipinski definition) is 5. The number of nitrogens with one attached hydrogen (secondary N) is 1. The van der Waals surface area contributed by atoms with Crippen molar-refractivity contribution in [2.45, 2.75) is 33.6 Å². The largest absolute Gasteiger partial charge is 0.461 e. The van der Waals surface area contributed by atoms with E-state index in [-0.39, 0.29) is 5.97 Å². The minimum Gasteiger partial charge on any atom is -0.461 e. The summed E-state index contributed by atoms with van der Waals surface area (Å²) in [5, 5.41) is 3.96. The van der Waals surface area contributed by atoms with Gasteiger partial charge in [-0.1, -0.05) is 26.0 Å². The second-order valence-corrected chi connectivity index (χ2v) is 6.25. The van der Waals surface area contributed by atoms with Crippen LogP contribution >= 0.6 is 11.3 Å². The third-order valence-electron chi connectivity index (χ3n) is 3.07. The van der Waals surface area contributed by atoms with Gasteiger partial charge in [0.1, 0.15) is 0 Å². The summed E-state index contributed by atoms with van der Waals surface area (Å²) in [5.41, 5.74) is 2.63. The minimum absolute atomic E-state index is 0.356. The fourth-order valence-corrected chi connectivity index (χ4v) is 2.76. The molecule has 112 valence electrons. The van der Waals surface area contributed by atoms with E-state index < -0.39 is 0 Å². The van der Waals surface area contributed by atoms with Gasteiger partial charge < -0.3 is 10.1 Å². The van der Waals surface area contributed by atoms with Gasteiger partial charge in [0.25, 0.3) is 0 Å². The molecule has 0 atom stereocenters. The quantitative estimate of drug-likeness (QED) is 0.827. The number of rotatable bonds is 5. The van der Waals surface area contributed by atoms with Crippen molar-refractivity contribution in [2.24, 2.45) is 0 Å². The van der Waals surface area contributed by atoms with Crippen LogP contribution in [0.2, 0.25) is 0 Å². The van der Waals surface area contributed by atoms with Crippen LogP contribution in [0.4, 0.5) is 10.8 Å². The molecule has 21 heavy (non-hydrogen) atoms. The van der Waals surface area contributed by atoms with E-state index in [0.29, 0.717) is 23.4 Å². The van der Waals surface area contributed by atoms with Crippen LogP contribution in [0.5, 0.6) is 0 Å². The van der Waals surface area contributed by atoms with Crippen molar-refractivity contribution in [2.75, 3.05) is 11.9 Å². The summed E-state index contributed by atoms with van der Waals surface area (Å²) < 4.78 is 5.00. The molecule has 0 spiro atoms. The van der Waals surface area contributed by atoms with Crippen molar-refractivity contribution in [3.8, 4) is 0 Å². The second kappa shape index (κ2) is 6.72. The molecule has 0 saturated heterocycles. The maximum atomic E-state index is 11.8. The zero-order chi connectivity index (χ0) is 15.4. The number of carbonyl (C=O) groups is 1. The fourth-order valence-electron chi connectivity index (χ4n) is 1.94. The van der Waals surface area contributed by atoms with Gasteiger partial charge >= 0.3 is 5.97 Å². The molecule has 1 aromatic heterocycles. The summed E-state index contributed by atoms with van der Waals surface area (Å²) in [6.07, 6.45) is 0. The number of carbonyl (C=O) groups excluding carboxylic acids is 1. The van der Waals surface area contributed by atoms with Gasteiger partial charge in [0.15, 0.2) is 10.8 Å². The number of aryl methyl sites for hydroxylation is 1. The van der Waals surface area contributed by atoms with Gasteiger partial charge in [-0.15, -0.1) is 11.3 Å². The lowest BCUT2D eigenvalue weighted by molar-refractivity contribution is 0.0519. The van der Waals surface area contributed by atoms with Crippen molar-refractivity contribution in [1.82, 2.24) is 4.98 Å². The lowest BCUT2D eigenvalue weighted by Gasteiger charge is -2.08. The summed E-state index contributed by atoms with van der Waals surface area (Å²) in [6, 6.07) is 8.22. The minimum atomic E-state index is -0.366. The smallest absolute Gasteiger partial charge is 0.358 e. The van der Waals surface area contributed by atoms with Crippen molar-refractivity contribution < 1.29 is 9.53 Å². The molecule has 0 unspecified atom stereocenters. The Labute approximate surface area is 129 Å². The van der Waals surface area contributed by atoms with Crippen molar-refractivity contribution in [3.05, 3.63) is 40.4 Å². The molecule has 0 radical (unpaired) electrons. The number of anilines is 2. The molecule has 0 aliphatic heterocycles. The zero-order valence-electron chi connectivity index (χ0n) is 12.8. The Morgan fingerprint density at radius 3 is 2.86 bits per heavy atom. The van der Waals surface area contributed by atoms with Crippen LogP contribution in [0.1, 0.15) is 47.6 Å². The number of hydrogen-bond donors (Lipinski definition) is 1. The van der Waals surface area contributed by atoms with Crippen LogP contribution in [0, 0.1) is 6.92 Å². The molecule has 1 N–H and O–H groups in total. The molecular weight excluding hydrogens is 284 g/mol. The van der Waals surface area contributed by atoms with Crippen molar-refractivity contribution in [3.63, 3.8) is 0 Å². The highest BCUT2D eigenvalue weighted by Gasteiger charge is 2.16. The molecule has 0 saturated carbocycles. The Morgan fingerprint density at radius 1 is 1.43 bits per heavy atom. The predicted molar refractivity (Wildman–Crippen MR) is 86.6 cm³/mol. The molecule has 5 heteroatoms. The van der Waals surface area contributed by atoms with Gasteiger partial charge in [0, 0.05) is 10.6 Å². The van der Waals surface area contributed by atoms with Gasteiger partial charge in [-0.2, -0.15) is 0 Å². The average Bonchev–Trinajstić information content (AvgIpc) is 2.80. The first kappa shape index (κ1) is 15.5. The van der Waals surface area contributed by atoms with Gasteiger partial charge in [0.2, 0.25) is 0 Å². The molecule has 0 aliphatic rings. The topological polar surface area (TPSA) is 51.2 Å². The SMILES string of the molecule is CCOC(=O)c1nc(Nc2cccc(C(C)C)c2)sc1C. The average molecular weight is 304 g/mol. The number of thiazole rings is 1. The first-order valence-electron chi connectivity index (χ1n) is 7.02. The maximum absolute atomic E-state index is 11.8. The molecule has 0 bridgehead atoms. The first-order valence-corrected chi connectivity index (χ1v) is 7.84. The van der Waals surface area contributed by atoms with E-state index in [9.17, 15) is 4.79 Å². The van der Waals surface area contributed by atoms with Crippen molar-refractivity contribution >= 4 is 28.1 Å². The summed E-state index contributed by atoms with van der Waals surface area (Å²) in [7, 11) is 0. The normalized spacial score (nSPS) is 10.7. The van der Waals surface area contributed by atoms with Crippen LogP contribution in [-0.4, -0.2) is 17.6 Å². The van der Waals surface area contributed by atoms with Crippen molar-refractivity contribution in [1.29, 1.82) is 0 Å². The van der Waals surface area contributed by atoms with Crippen LogP contribution in [0.25, 0.3) is 0 Å². The van der Waals surface area contributed by atoms with E-state index in [1.165, 1.54) is 16.9 Å².